The predicted octanol–water partition coefficient (Wildman–Crippen LogP) is 3.00. The molecule has 31 heavy (non-hydrogen) atoms. The van der Waals surface area contributed by atoms with E-state index in [0.717, 1.165) is 36.9 Å². The van der Waals surface area contributed by atoms with Gasteiger partial charge in [0, 0.05) is 24.7 Å². The van der Waals surface area contributed by atoms with Crippen LogP contribution in [-0.2, 0) is 21.2 Å². The summed E-state index contributed by atoms with van der Waals surface area (Å²) in [6.07, 6.45) is 2.66. The van der Waals surface area contributed by atoms with Gasteiger partial charge in [0.05, 0.1) is 11.4 Å². The molecular formula is C23H30ClN3O3S. The highest BCUT2D eigenvalue weighted by molar-refractivity contribution is 7.89. The lowest BCUT2D eigenvalue weighted by atomic mass is 9.98. The molecule has 1 heterocycles. The van der Waals surface area contributed by atoms with E-state index in [1.54, 1.807) is 24.3 Å². The lowest BCUT2D eigenvalue weighted by Crippen LogP contribution is -2.45. The SMILES string of the molecule is Cc1ccc(S(=O)(=O)NCC2CCCN(CC(=O)NCCc3ccc(Cl)cc3)C2)cc1. The predicted molar refractivity (Wildman–Crippen MR) is 124 cm³/mol. The summed E-state index contributed by atoms with van der Waals surface area (Å²) in [4.78, 5) is 14.7. The number of hydrogen-bond acceptors (Lipinski definition) is 4. The third-order valence-corrected chi connectivity index (χ3v) is 7.20. The minimum atomic E-state index is -3.51. The Hall–Kier alpha value is -1.93. The zero-order chi connectivity index (χ0) is 22.3. The van der Waals surface area contributed by atoms with Gasteiger partial charge in [-0.15, -0.1) is 0 Å². The third kappa shape index (κ3) is 7.61. The monoisotopic (exact) mass is 463 g/mol. The van der Waals surface area contributed by atoms with E-state index in [-0.39, 0.29) is 16.7 Å². The van der Waals surface area contributed by atoms with Crippen molar-refractivity contribution in [2.45, 2.75) is 31.1 Å². The molecule has 0 radical (unpaired) electrons. The normalized spacial score (nSPS) is 17.4. The third-order valence-electron chi connectivity index (χ3n) is 5.51. The number of nitrogens with one attached hydrogen (secondary N) is 2. The second-order valence-corrected chi connectivity index (χ2v) is 10.3. The molecule has 1 aliphatic rings. The molecule has 0 spiro atoms. The number of amides is 1. The van der Waals surface area contributed by atoms with Crippen molar-refractivity contribution < 1.29 is 13.2 Å². The van der Waals surface area contributed by atoms with Gasteiger partial charge in [-0.2, -0.15) is 0 Å². The number of aryl methyl sites for hydroxylation is 1. The Morgan fingerprint density at radius 1 is 1.13 bits per heavy atom. The fraction of sp³-hybridized carbons (Fsp3) is 0.435. The van der Waals surface area contributed by atoms with Gasteiger partial charge in [-0.3, -0.25) is 9.69 Å². The van der Waals surface area contributed by atoms with Crippen LogP contribution in [0.5, 0.6) is 0 Å². The summed E-state index contributed by atoms with van der Waals surface area (Å²) >= 11 is 5.89. The molecule has 0 aromatic heterocycles. The average Bonchev–Trinajstić information content (AvgIpc) is 2.74. The van der Waals surface area contributed by atoms with Crippen molar-refractivity contribution in [1.29, 1.82) is 0 Å². The van der Waals surface area contributed by atoms with Crippen LogP contribution in [0.1, 0.15) is 24.0 Å². The quantitative estimate of drug-likeness (QED) is 0.599. The maximum Gasteiger partial charge on any atom is 0.240 e. The average molecular weight is 464 g/mol. The highest BCUT2D eigenvalue weighted by Gasteiger charge is 2.23. The van der Waals surface area contributed by atoms with Gasteiger partial charge in [0.15, 0.2) is 0 Å². The highest BCUT2D eigenvalue weighted by Crippen LogP contribution is 2.17. The maximum absolute atomic E-state index is 12.5. The van der Waals surface area contributed by atoms with E-state index in [1.165, 1.54) is 0 Å². The molecule has 1 saturated heterocycles. The van der Waals surface area contributed by atoms with E-state index >= 15 is 0 Å². The molecule has 3 rings (SSSR count). The van der Waals surface area contributed by atoms with Crippen LogP contribution in [0.15, 0.2) is 53.4 Å². The van der Waals surface area contributed by atoms with E-state index < -0.39 is 10.0 Å². The number of carbonyl (C=O) groups is 1. The molecule has 1 fully saturated rings. The largest absolute Gasteiger partial charge is 0.355 e. The maximum atomic E-state index is 12.5. The summed E-state index contributed by atoms with van der Waals surface area (Å²) in [5.74, 6) is 0.186. The van der Waals surface area contributed by atoms with Crippen LogP contribution in [-0.4, -0.2) is 51.9 Å². The molecule has 2 aromatic carbocycles. The first-order valence-corrected chi connectivity index (χ1v) is 12.5. The van der Waals surface area contributed by atoms with Crippen molar-refractivity contribution in [2.24, 2.45) is 5.92 Å². The van der Waals surface area contributed by atoms with Crippen molar-refractivity contribution in [3.63, 3.8) is 0 Å². The minimum Gasteiger partial charge on any atom is -0.355 e. The van der Waals surface area contributed by atoms with E-state index in [2.05, 4.69) is 14.9 Å². The summed E-state index contributed by atoms with van der Waals surface area (Å²) < 4.78 is 27.7. The van der Waals surface area contributed by atoms with E-state index in [4.69, 9.17) is 11.6 Å². The first kappa shape index (κ1) is 23.7. The Balaban J connectivity index is 1.40. The second kappa shape index (κ2) is 11.1. The Bertz CT molecular complexity index is 963. The number of hydrogen-bond donors (Lipinski definition) is 2. The summed E-state index contributed by atoms with van der Waals surface area (Å²) in [5, 5.41) is 3.67. The lowest BCUT2D eigenvalue weighted by Gasteiger charge is -2.32. The minimum absolute atomic E-state index is 0.00477. The molecule has 0 aliphatic carbocycles. The van der Waals surface area contributed by atoms with Gasteiger partial charge in [-0.25, -0.2) is 13.1 Å². The van der Waals surface area contributed by atoms with Crippen molar-refractivity contribution in [2.75, 3.05) is 32.7 Å². The fourth-order valence-corrected chi connectivity index (χ4v) is 4.99. The van der Waals surface area contributed by atoms with E-state index in [9.17, 15) is 13.2 Å². The van der Waals surface area contributed by atoms with Crippen LogP contribution in [0.4, 0.5) is 0 Å². The van der Waals surface area contributed by atoms with Gasteiger partial charge in [0.2, 0.25) is 15.9 Å². The summed E-state index contributed by atoms with van der Waals surface area (Å²) in [6, 6.07) is 14.4. The number of likely N-dealkylation sites (tertiary alicyclic amines) is 1. The van der Waals surface area contributed by atoms with Gasteiger partial charge >= 0.3 is 0 Å². The topological polar surface area (TPSA) is 78.5 Å². The number of halogens is 1. The molecule has 1 aliphatic heterocycles. The van der Waals surface area contributed by atoms with Crippen molar-refractivity contribution >= 4 is 27.5 Å². The smallest absolute Gasteiger partial charge is 0.240 e. The Labute approximate surface area is 190 Å². The van der Waals surface area contributed by atoms with Crippen molar-refractivity contribution in [3.05, 3.63) is 64.7 Å². The summed E-state index contributed by atoms with van der Waals surface area (Å²) in [7, 11) is -3.51. The fourth-order valence-electron chi connectivity index (χ4n) is 3.75. The molecule has 8 heteroatoms. The van der Waals surface area contributed by atoms with E-state index in [0.29, 0.717) is 31.2 Å². The van der Waals surface area contributed by atoms with Crippen LogP contribution < -0.4 is 10.0 Å². The number of carbonyl (C=O) groups excluding carboxylic acids is 1. The summed E-state index contributed by atoms with van der Waals surface area (Å²) in [6.45, 7) is 4.78. The second-order valence-electron chi connectivity index (χ2n) is 8.13. The van der Waals surface area contributed by atoms with Gasteiger partial charge in [-0.05, 0) is 68.5 Å². The molecule has 2 N–H and O–H groups in total. The Kier molecular flexibility index (Phi) is 8.49. The molecule has 6 nitrogen and oxygen atoms in total. The molecule has 1 amide bonds. The standard InChI is InChI=1S/C23H30ClN3O3S/c1-18-4-10-22(11-5-18)31(29,30)26-15-20-3-2-14-27(16-20)17-23(28)25-13-12-19-6-8-21(24)9-7-19/h4-11,20,26H,2-3,12-17H2,1H3,(H,25,28). The number of piperidine rings is 1. The van der Waals surface area contributed by atoms with Gasteiger partial charge in [0.1, 0.15) is 0 Å². The van der Waals surface area contributed by atoms with Gasteiger partial charge in [-0.1, -0.05) is 41.4 Å². The molecule has 0 bridgehead atoms. The van der Waals surface area contributed by atoms with E-state index in [1.807, 2.05) is 31.2 Å². The zero-order valence-electron chi connectivity index (χ0n) is 17.8. The number of sulfonamides is 1. The number of nitrogens with zero attached hydrogens (tertiary/aromatic N) is 1. The molecule has 1 atom stereocenters. The van der Waals surface area contributed by atoms with Crippen LogP contribution in [0.25, 0.3) is 0 Å². The van der Waals surface area contributed by atoms with Crippen molar-refractivity contribution in [1.82, 2.24) is 14.9 Å². The van der Waals surface area contributed by atoms with Gasteiger partial charge < -0.3 is 5.32 Å². The molecule has 2 aromatic rings. The number of benzene rings is 2. The summed E-state index contributed by atoms with van der Waals surface area (Å²) in [5.41, 5.74) is 2.15. The van der Waals surface area contributed by atoms with Gasteiger partial charge in [0.25, 0.3) is 0 Å². The van der Waals surface area contributed by atoms with Crippen LogP contribution in [0.2, 0.25) is 5.02 Å². The Morgan fingerprint density at radius 3 is 2.55 bits per heavy atom. The lowest BCUT2D eigenvalue weighted by molar-refractivity contribution is -0.122. The molecule has 168 valence electrons. The highest BCUT2D eigenvalue weighted by atomic mass is 35.5. The first-order chi connectivity index (χ1) is 14.8. The number of rotatable bonds is 9. The molecular weight excluding hydrogens is 434 g/mol. The molecule has 0 saturated carbocycles. The molecule has 1 unspecified atom stereocenters. The first-order valence-electron chi connectivity index (χ1n) is 10.6. The van der Waals surface area contributed by atoms with Crippen LogP contribution in [0, 0.1) is 12.8 Å². The van der Waals surface area contributed by atoms with Crippen LogP contribution >= 0.6 is 11.6 Å². The Morgan fingerprint density at radius 2 is 1.84 bits per heavy atom. The van der Waals surface area contributed by atoms with Crippen LogP contribution in [0.3, 0.4) is 0 Å². The van der Waals surface area contributed by atoms with Crippen molar-refractivity contribution in [3.8, 4) is 0 Å². The zero-order valence-corrected chi connectivity index (χ0v) is 19.4.